The number of nitrogens with zero attached hydrogens (tertiary/aromatic N) is 1. The normalized spacial score (nSPS) is 20.9. The Labute approximate surface area is 127 Å². The van der Waals surface area contributed by atoms with Gasteiger partial charge in [-0.15, -0.1) is 0 Å². The largest absolute Gasteiger partial charge is 0.480 e. The van der Waals surface area contributed by atoms with E-state index in [0.29, 0.717) is 0 Å². The Bertz CT molecular complexity index is 542. The van der Waals surface area contributed by atoms with Gasteiger partial charge in [0.15, 0.2) is 5.76 Å². The van der Waals surface area contributed by atoms with Crippen molar-refractivity contribution in [3.63, 3.8) is 0 Å². The van der Waals surface area contributed by atoms with Crippen molar-refractivity contribution < 1.29 is 28.6 Å². The highest BCUT2D eigenvalue weighted by Crippen LogP contribution is 2.21. The molecule has 0 aromatic carbocycles. The molecular weight excluding hydrogens is 292 g/mol. The third kappa shape index (κ3) is 3.64. The summed E-state index contributed by atoms with van der Waals surface area (Å²) in [6.45, 7) is 0.358. The van der Waals surface area contributed by atoms with Crippen LogP contribution in [0.1, 0.15) is 23.4 Å². The number of hydrogen-bond acceptors (Lipinski definition) is 5. The molecule has 2 unspecified atom stereocenters. The molecule has 8 nitrogen and oxygen atoms in total. The second-order valence-corrected chi connectivity index (χ2v) is 4.98. The third-order valence-electron chi connectivity index (χ3n) is 3.57. The molecule has 1 fully saturated rings. The molecule has 0 spiro atoms. The Kier molecular flexibility index (Phi) is 5.16. The van der Waals surface area contributed by atoms with Crippen LogP contribution in [0.2, 0.25) is 0 Å². The zero-order valence-electron chi connectivity index (χ0n) is 12.2. The van der Waals surface area contributed by atoms with Gasteiger partial charge in [0.05, 0.1) is 12.4 Å². The molecule has 8 heteroatoms. The van der Waals surface area contributed by atoms with Crippen LogP contribution in [0.15, 0.2) is 22.8 Å². The van der Waals surface area contributed by atoms with Crippen molar-refractivity contribution in [3.05, 3.63) is 24.2 Å². The summed E-state index contributed by atoms with van der Waals surface area (Å²) in [5.41, 5.74) is 0. The van der Waals surface area contributed by atoms with Gasteiger partial charge >= 0.3 is 5.97 Å². The van der Waals surface area contributed by atoms with Crippen molar-refractivity contribution in [2.24, 2.45) is 0 Å². The molecule has 1 saturated heterocycles. The van der Waals surface area contributed by atoms with E-state index in [4.69, 9.17) is 14.3 Å². The summed E-state index contributed by atoms with van der Waals surface area (Å²) in [7, 11) is 1.49. The Morgan fingerprint density at radius 1 is 1.50 bits per heavy atom. The molecule has 120 valence electrons. The number of ether oxygens (including phenoxy) is 1. The van der Waals surface area contributed by atoms with Gasteiger partial charge in [-0.2, -0.15) is 0 Å². The van der Waals surface area contributed by atoms with Gasteiger partial charge in [-0.3, -0.25) is 9.59 Å². The molecular formula is C14H18N2O6. The zero-order chi connectivity index (χ0) is 16.1. The number of rotatable bonds is 6. The van der Waals surface area contributed by atoms with Gasteiger partial charge in [0, 0.05) is 33.0 Å². The van der Waals surface area contributed by atoms with Crippen molar-refractivity contribution in [3.8, 4) is 0 Å². The number of carboxylic acids is 1. The first-order valence-corrected chi connectivity index (χ1v) is 6.89. The van der Waals surface area contributed by atoms with Crippen LogP contribution in [0.25, 0.3) is 0 Å². The van der Waals surface area contributed by atoms with E-state index in [0.717, 1.165) is 0 Å². The van der Waals surface area contributed by atoms with E-state index in [1.165, 1.54) is 24.3 Å². The third-order valence-corrected chi connectivity index (χ3v) is 3.57. The van der Waals surface area contributed by atoms with E-state index in [9.17, 15) is 14.4 Å². The van der Waals surface area contributed by atoms with E-state index >= 15 is 0 Å². The van der Waals surface area contributed by atoms with Crippen LogP contribution in [0.3, 0.4) is 0 Å². The number of furan rings is 1. The maximum Gasteiger partial charge on any atom is 0.326 e. The predicted octanol–water partition coefficient (Wildman–Crippen LogP) is 0.100. The molecule has 2 N–H and O–H groups in total. The topological polar surface area (TPSA) is 109 Å². The van der Waals surface area contributed by atoms with Crippen molar-refractivity contribution in [2.45, 2.75) is 25.0 Å². The van der Waals surface area contributed by atoms with E-state index in [1.807, 2.05) is 0 Å². The molecule has 22 heavy (non-hydrogen) atoms. The van der Waals surface area contributed by atoms with Crippen molar-refractivity contribution in [2.75, 3.05) is 20.2 Å². The molecule has 2 amide bonds. The molecule has 2 atom stereocenters. The maximum absolute atomic E-state index is 12.1. The average Bonchev–Trinajstić information content (AvgIpc) is 3.16. The number of carbonyl (C=O) groups excluding carboxylic acids is 2. The van der Waals surface area contributed by atoms with Gasteiger partial charge < -0.3 is 24.5 Å². The van der Waals surface area contributed by atoms with Crippen molar-refractivity contribution in [1.29, 1.82) is 0 Å². The molecule has 1 aliphatic rings. The lowest BCUT2D eigenvalue weighted by molar-refractivity contribution is -0.148. The fraction of sp³-hybridized carbons (Fsp3) is 0.500. The first-order valence-electron chi connectivity index (χ1n) is 6.89. The summed E-state index contributed by atoms with van der Waals surface area (Å²) in [6.07, 6.45) is 1.40. The average molecular weight is 310 g/mol. The molecule has 2 rings (SSSR count). The van der Waals surface area contributed by atoms with Crippen LogP contribution < -0.4 is 5.32 Å². The van der Waals surface area contributed by atoms with Crippen LogP contribution in [0.4, 0.5) is 0 Å². The van der Waals surface area contributed by atoms with Gasteiger partial charge in [0.1, 0.15) is 6.04 Å². The molecule has 1 aromatic rings. The van der Waals surface area contributed by atoms with E-state index in [2.05, 4.69) is 5.32 Å². The number of carboxylic acid groups (broad SMARTS) is 1. The van der Waals surface area contributed by atoms with Crippen LogP contribution in [0, 0.1) is 0 Å². The van der Waals surface area contributed by atoms with Crippen LogP contribution in [0.5, 0.6) is 0 Å². The lowest BCUT2D eigenvalue weighted by atomic mass is 10.2. The standard InChI is InChI=1S/C14H18N2O6/c1-21-9-7-10(14(19)20)16(8-9)12(17)4-5-15-13(18)11-3-2-6-22-11/h2-3,6,9-10H,4-5,7-8H2,1H3,(H,15,18)(H,19,20). The van der Waals surface area contributed by atoms with E-state index < -0.39 is 17.9 Å². The molecule has 0 radical (unpaired) electrons. The summed E-state index contributed by atoms with van der Waals surface area (Å²) >= 11 is 0. The second kappa shape index (κ2) is 7.08. The highest BCUT2D eigenvalue weighted by Gasteiger charge is 2.39. The monoisotopic (exact) mass is 310 g/mol. The minimum absolute atomic E-state index is 0.0205. The van der Waals surface area contributed by atoms with Gasteiger partial charge in [0.25, 0.3) is 5.91 Å². The minimum Gasteiger partial charge on any atom is -0.480 e. The Hall–Kier alpha value is -2.35. The number of hydrogen-bond donors (Lipinski definition) is 2. The second-order valence-electron chi connectivity index (χ2n) is 4.98. The number of likely N-dealkylation sites (tertiary alicyclic amines) is 1. The molecule has 0 saturated carbocycles. The number of amides is 2. The van der Waals surface area contributed by atoms with Crippen LogP contribution in [-0.2, 0) is 14.3 Å². The van der Waals surface area contributed by atoms with Gasteiger partial charge in [-0.25, -0.2) is 4.79 Å². The Balaban J connectivity index is 1.83. The van der Waals surface area contributed by atoms with E-state index in [-0.39, 0.29) is 43.7 Å². The fourth-order valence-electron chi connectivity index (χ4n) is 2.40. The number of aliphatic carboxylic acids is 1. The molecule has 1 aromatic heterocycles. The summed E-state index contributed by atoms with van der Waals surface area (Å²) < 4.78 is 10.1. The summed E-state index contributed by atoms with van der Waals surface area (Å²) in [5, 5.41) is 11.7. The Morgan fingerprint density at radius 3 is 2.86 bits per heavy atom. The molecule has 0 aliphatic carbocycles. The van der Waals surface area contributed by atoms with E-state index in [1.54, 1.807) is 6.07 Å². The molecule has 0 bridgehead atoms. The lowest BCUT2D eigenvalue weighted by Crippen LogP contribution is -2.42. The van der Waals surface area contributed by atoms with Crippen molar-refractivity contribution in [1.82, 2.24) is 10.2 Å². The van der Waals surface area contributed by atoms with Gasteiger partial charge in [0.2, 0.25) is 5.91 Å². The first-order chi connectivity index (χ1) is 10.5. The summed E-state index contributed by atoms with van der Waals surface area (Å²) in [4.78, 5) is 36.2. The summed E-state index contributed by atoms with van der Waals surface area (Å²) in [5.74, 6) is -1.63. The minimum atomic E-state index is -1.05. The molecule has 2 heterocycles. The predicted molar refractivity (Wildman–Crippen MR) is 74.2 cm³/mol. The highest BCUT2D eigenvalue weighted by molar-refractivity contribution is 5.91. The quantitative estimate of drug-likeness (QED) is 0.771. The number of nitrogens with one attached hydrogen (secondary N) is 1. The van der Waals surface area contributed by atoms with Gasteiger partial charge in [-0.05, 0) is 12.1 Å². The first kappa shape index (κ1) is 16.0. The highest BCUT2D eigenvalue weighted by atomic mass is 16.5. The van der Waals surface area contributed by atoms with Crippen LogP contribution in [-0.4, -0.2) is 60.1 Å². The summed E-state index contributed by atoms with van der Waals surface area (Å²) in [6, 6.07) is 2.23. The lowest BCUT2D eigenvalue weighted by Gasteiger charge is -2.21. The number of carbonyl (C=O) groups is 3. The smallest absolute Gasteiger partial charge is 0.326 e. The molecule has 1 aliphatic heterocycles. The van der Waals surface area contributed by atoms with Crippen LogP contribution >= 0.6 is 0 Å². The fourth-order valence-corrected chi connectivity index (χ4v) is 2.40. The van der Waals surface area contributed by atoms with Crippen molar-refractivity contribution >= 4 is 17.8 Å². The number of methoxy groups -OCH3 is 1. The zero-order valence-corrected chi connectivity index (χ0v) is 12.2. The Morgan fingerprint density at radius 2 is 2.27 bits per heavy atom. The van der Waals surface area contributed by atoms with Gasteiger partial charge in [-0.1, -0.05) is 0 Å². The SMILES string of the molecule is COC1CC(C(=O)O)N(C(=O)CCNC(=O)c2ccco2)C1. The maximum atomic E-state index is 12.1.